The second-order valence-corrected chi connectivity index (χ2v) is 4.25. The van der Waals surface area contributed by atoms with Gasteiger partial charge in [-0.25, -0.2) is 0 Å². The van der Waals surface area contributed by atoms with Crippen molar-refractivity contribution < 1.29 is 5.11 Å². The van der Waals surface area contributed by atoms with Gasteiger partial charge in [-0.3, -0.25) is 0 Å². The molecule has 0 amide bonds. The first-order valence-corrected chi connectivity index (χ1v) is 5.91. The highest BCUT2D eigenvalue weighted by Crippen LogP contribution is 2.09. The first-order chi connectivity index (χ1) is 8.74. The van der Waals surface area contributed by atoms with Gasteiger partial charge in [0.1, 0.15) is 5.75 Å². The van der Waals surface area contributed by atoms with Crippen LogP contribution in [0.3, 0.4) is 0 Å². The predicted octanol–water partition coefficient (Wildman–Crippen LogP) is 3.17. The highest BCUT2D eigenvalue weighted by Gasteiger charge is 1.91. The molecule has 0 spiro atoms. The molecule has 0 atom stereocenters. The molecule has 0 unspecified atom stereocenters. The largest absolute Gasteiger partial charge is 0.508 e. The molecule has 0 saturated heterocycles. The van der Waals surface area contributed by atoms with Crippen LogP contribution in [0.4, 0.5) is 0 Å². The van der Waals surface area contributed by atoms with Gasteiger partial charge in [0.25, 0.3) is 0 Å². The van der Waals surface area contributed by atoms with E-state index in [1.54, 1.807) is 30.5 Å². The molecular weight excluding hydrogens is 248 g/mol. The molecule has 0 aliphatic carbocycles. The maximum absolute atomic E-state index is 9.13. The van der Waals surface area contributed by atoms with Crippen LogP contribution < -0.4 is 5.43 Å². The summed E-state index contributed by atoms with van der Waals surface area (Å²) in [6, 6.07) is 14.4. The van der Waals surface area contributed by atoms with E-state index in [0.29, 0.717) is 6.54 Å². The van der Waals surface area contributed by atoms with Gasteiger partial charge >= 0.3 is 0 Å². The second-order valence-electron chi connectivity index (χ2n) is 3.81. The molecule has 92 valence electrons. The molecule has 0 fully saturated rings. The fourth-order valence-electron chi connectivity index (χ4n) is 1.42. The lowest BCUT2D eigenvalue weighted by Gasteiger charge is -2.00. The fraction of sp³-hybridized carbons (Fsp3) is 0.0714. The normalized spacial score (nSPS) is 10.7. The van der Waals surface area contributed by atoms with E-state index in [2.05, 4.69) is 10.5 Å². The Bertz CT molecular complexity index is 520. The zero-order valence-corrected chi connectivity index (χ0v) is 10.4. The average molecular weight is 261 g/mol. The van der Waals surface area contributed by atoms with Crippen molar-refractivity contribution in [2.45, 2.75) is 6.54 Å². The van der Waals surface area contributed by atoms with E-state index in [-0.39, 0.29) is 5.75 Å². The van der Waals surface area contributed by atoms with Gasteiger partial charge in [-0.2, -0.15) is 5.10 Å². The number of aromatic hydroxyl groups is 1. The van der Waals surface area contributed by atoms with Crippen LogP contribution in [0.5, 0.6) is 5.75 Å². The highest BCUT2D eigenvalue weighted by molar-refractivity contribution is 6.30. The molecule has 0 aromatic heterocycles. The Morgan fingerprint density at radius 3 is 2.39 bits per heavy atom. The van der Waals surface area contributed by atoms with E-state index in [1.807, 2.05) is 24.3 Å². The number of hydrogen-bond acceptors (Lipinski definition) is 3. The smallest absolute Gasteiger partial charge is 0.115 e. The van der Waals surface area contributed by atoms with Crippen molar-refractivity contribution in [1.29, 1.82) is 0 Å². The topological polar surface area (TPSA) is 44.6 Å². The maximum atomic E-state index is 9.13. The van der Waals surface area contributed by atoms with E-state index < -0.39 is 0 Å². The third kappa shape index (κ3) is 3.79. The molecule has 0 aliphatic heterocycles. The van der Waals surface area contributed by atoms with Crippen molar-refractivity contribution in [3.8, 4) is 5.75 Å². The number of benzene rings is 2. The van der Waals surface area contributed by atoms with Gasteiger partial charge in [0.2, 0.25) is 0 Å². The SMILES string of the molecule is Oc1ccc(/C=N\NCc2ccc(Cl)cc2)cc1. The Kier molecular flexibility index (Phi) is 4.20. The van der Waals surface area contributed by atoms with Gasteiger partial charge < -0.3 is 10.5 Å². The highest BCUT2D eigenvalue weighted by atomic mass is 35.5. The lowest BCUT2D eigenvalue weighted by atomic mass is 10.2. The molecule has 0 saturated carbocycles. The molecule has 0 heterocycles. The summed E-state index contributed by atoms with van der Waals surface area (Å²) in [7, 11) is 0. The third-order valence-corrected chi connectivity index (χ3v) is 2.65. The molecular formula is C14H13ClN2O. The number of nitrogens with zero attached hydrogens (tertiary/aromatic N) is 1. The molecule has 0 bridgehead atoms. The molecule has 2 aromatic carbocycles. The van der Waals surface area contributed by atoms with Crippen LogP contribution >= 0.6 is 11.6 Å². The van der Waals surface area contributed by atoms with E-state index in [4.69, 9.17) is 16.7 Å². The van der Waals surface area contributed by atoms with Crippen LogP contribution in [0.25, 0.3) is 0 Å². The molecule has 18 heavy (non-hydrogen) atoms. The van der Waals surface area contributed by atoms with Gasteiger partial charge in [0, 0.05) is 5.02 Å². The molecule has 0 aliphatic rings. The average Bonchev–Trinajstić information content (AvgIpc) is 2.39. The molecule has 2 N–H and O–H groups in total. The Balaban J connectivity index is 1.84. The van der Waals surface area contributed by atoms with Crippen molar-refractivity contribution >= 4 is 17.8 Å². The van der Waals surface area contributed by atoms with Crippen molar-refractivity contribution in [3.05, 3.63) is 64.7 Å². The molecule has 4 heteroatoms. The van der Waals surface area contributed by atoms with Gasteiger partial charge in [0.15, 0.2) is 0 Å². The zero-order chi connectivity index (χ0) is 12.8. The molecule has 2 aromatic rings. The Hall–Kier alpha value is -2.00. The zero-order valence-electron chi connectivity index (χ0n) is 9.68. The van der Waals surface area contributed by atoms with Crippen LogP contribution in [0, 0.1) is 0 Å². The Morgan fingerprint density at radius 2 is 1.72 bits per heavy atom. The first kappa shape index (κ1) is 12.5. The quantitative estimate of drug-likeness (QED) is 0.655. The van der Waals surface area contributed by atoms with Crippen LogP contribution in [0.2, 0.25) is 5.02 Å². The van der Waals surface area contributed by atoms with Crippen LogP contribution in [0.15, 0.2) is 53.6 Å². The number of rotatable bonds is 4. The van der Waals surface area contributed by atoms with Crippen LogP contribution in [-0.4, -0.2) is 11.3 Å². The Labute approximate surface area is 111 Å². The van der Waals surface area contributed by atoms with Gasteiger partial charge in [-0.1, -0.05) is 23.7 Å². The summed E-state index contributed by atoms with van der Waals surface area (Å²) >= 11 is 5.80. The standard InChI is InChI=1S/C14H13ClN2O/c15-13-5-1-11(2-6-13)9-16-17-10-12-3-7-14(18)8-4-12/h1-8,10,16,18H,9H2/b17-10-. The summed E-state index contributed by atoms with van der Waals surface area (Å²) in [5.74, 6) is 0.251. The summed E-state index contributed by atoms with van der Waals surface area (Å²) < 4.78 is 0. The lowest BCUT2D eigenvalue weighted by molar-refractivity contribution is 0.475. The number of hydrogen-bond donors (Lipinski definition) is 2. The van der Waals surface area contributed by atoms with E-state index in [1.165, 1.54) is 0 Å². The number of nitrogens with one attached hydrogen (secondary N) is 1. The Morgan fingerprint density at radius 1 is 1.06 bits per heavy atom. The first-order valence-electron chi connectivity index (χ1n) is 5.53. The minimum atomic E-state index is 0.251. The maximum Gasteiger partial charge on any atom is 0.115 e. The van der Waals surface area contributed by atoms with E-state index in [9.17, 15) is 0 Å². The number of phenolic OH excluding ortho intramolecular Hbond substituents is 1. The van der Waals surface area contributed by atoms with Crippen molar-refractivity contribution in [1.82, 2.24) is 5.43 Å². The van der Waals surface area contributed by atoms with E-state index >= 15 is 0 Å². The van der Waals surface area contributed by atoms with Gasteiger partial charge in [-0.05, 0) is 47.5 Å². The van der Waals surface area contributed by atoms with E-state index in [0.717, 1.165) is 16.1 Å². The molecule has 0 radical (unpaired) electrons. The molecule has 3 nitrogen and oxygen atoms in total. The summed E-state index contributed by atoms with van der Waals surface area (Å²) in [6.45, 7) is 0.645. The van der Waals surface area contributed by atoms with Crippen LogP contribution in [0.1, 0.15) is 11.1 Å². The van der Waals surface area contributed by atoms with Crippen LogP contribution in [-0.2, 0) is 6.54 Å². The van der Waals surface area contributed by atoms with Gasteiger partial charge in [0.05, 0.1) is 12.8 Å². The number of halogens is 1. The summed E-state index contributed by atoms with van der Waals surface area (Å²) in [6.07, 6.45) is 1.70. The summed E-state index contributed by atoms with van der Waals surface area (Å²) in [5.41, 5.74) is 4.99. The van der Waals surface area contributed by atoms with Crippen molar-refractivity contribution in [2.24, 2.45) is 5.10 Å². The number of hydrazone groups is 1. The minimum absolute atomic E-state index is 0.251. The lowest BCUT2D eigenvalue weighted by Crippen LogP contribution is -2.05. The third-order valence-electron chi connectivity index (χ3n) is 2.39. The van der Waals surface area contributed by atoms with Crippen molar-refractivity contribution in [3.63, 3.8) is 0 Å². The predicted molar refractivity (Wildman–Crippen MR) is 74.0 cm³/mol. The number of phenols is 1. The fourth-order valence-corrected chi connectivity index (χ4v) is 1.55. The second kappa shape index (κ2) is 6.07. The van der Waals surface area contributed by atoms with Gasteiger partial charge in [-0.15, -0.1) is 0 Å². The molecule has 2 rings (SSSR count). The summed E-state index contributed by atoms with van der Waals surface area (Å²) in [4.78, 5) is 0. The minimum Gasteiger partial charge on any atom is -0.508 e. The monoisotopic (exact) mass is 260 g/mol. The van der Waals surface area contributed by atoms with Crippen molar-refractivity contribution in [2.75, 3.05) is 0 Å². The summed E-state index contributed by atoms with van der Waals surface area (Å²) in [5, 5.41) is 14.0.